The second kappa shape index (κ2) is 10.3. The van der Waals surface area contributed by atoms with E-state index >= 15 is 0 Å². The predicted molar refractivity (Wildman–Crippen MR) is 124 cm³/mol. The number of carbonyl (C=O) groups is 1. The fraction of sp³-hybridized carbons (Fsp3) is 0.409. The second-order valence-corrected chi connectivity index (χ2v) is 10.5. The maximum absolute atomic E-state index is 12.9. The fourth-order valence-electron chi connectivity index (χ4n) is 3.73. The Hall–Kier alpha value is -1.64. The molecule has 0 saturated carbocycles. The summed E-state index contributed by atoms with van der Waals surface area (Å²) in [5.41, 5.74) is 1.15. The van der Waals surface area contributed by atoms with Gasteiger partial charge in [0.25, 0.3) is 5.91 Å². The zero-order valence-electron chi connectivity index (χ0n) is 17.6. The highest BCUT2D eigenvalue weighted by molar-refractivity contribution is 7.89. The highest BCUT2D eigenvalue weighted by Crippen LogP contribution is 2.27. The summed E-state index contributed by atoms with van der Waals surface area (Å²) in [4.78, 5) is 15.3. The maximum atomic E-state index is 12.9. The molecule has 1 aliphatic rings. The Morgan fingerprint density at radius 2 is 1.81 bits per heavy atom. The first-order valence-corrected chi connectivity index (χ1v) is 12.5. The summed E-state index contributed by atoms with van der Waals surface area (Å²) < 4.78 is 27.5. The van der Waals surface area contributed by atoms with Gasteiger partial charge in [0.1, 0.15) is 0 Å². The van der Waals surface area contributed by atoms with Crippen LogP contribution in [0.2, 0.25) is 10.0 Å². The number of likely N-dealkylation sites (tertiary alicyclic amines) is 1. The van der Waals surface area contributed by atoms with Gasteiger partial charge in [0, 0.05) is 17.6 Å². The van der Waals surface area contributed by atoms with Gasteiger partial charge in [-0.3, -0.25) is 9.69 Å². The standard InChI is InChI=1S/C22H27Cl2N3O3S/c1-15(2)26-31(29,30)18-8-9-20(24)19(13-18)22(28)25-14-21(27-10-3-4-11-27)16-6-5-7-17(23)12-16/h5-9,12-13,15,21,26H,3-4,10-11,14H2,1-2H3,(H,25,28). The molecule has 1 heterocycles. The normalized spacial score (nSPS) is 15.9. The highest BCUT2D eigenvalue weighted by Gasteiger charge is 2.25. The first-order chi connectivity index (χ1) is 14.7. The van der Waals surface area contributed by atoms with Crippen LogP contribution in [0, 0.1) is 0 Å². The smallest absolute Gasteiger partial charge is 0.252 e. The van der Waals surface area contributed by atoms with Crippen molar-refractivity contribution in [2.24, 2.45) is 0 Å². The third-order valence-corrected chi connectivity index (χ3v) is 7.38. The molecule has 168 valence electrons. The monoisotopic (exact) mass is 483 g/mol. The van der Waals surface area contributed by atoms with Crippen LogP contribution in [0.4, 0.5) is 0 Å². The van der Waals surface area contributed by atoms with Crippen LogP contribution in [0.15, 0.2) is 47.4 Å². The van der Waals surface area contributed by atoms with Crippen LogP contribution in [-0.2, 0) is 10.0 Å². The molecule has 1 unspecified atom stereocenters. The third kappa shape index (κ3) is 6.20. The molecule has 9 heteroatoms. The largest absolute Gasteiger partial charge is 0.350 e. The van der Waals surface area contributed by atoms with E-state index in [4.69, 9.17) is 23.2 Å². The first kappa shape index (κ1) is 24.0. The summed E-state index contributed by atoms with van der Waals surface area (Å²) >= 11 is 12.4. The predicted octanol–water partition coefficient (Wildman–Crippen LogP) is 4.25. The average molecular weight is 484 g/mol. The lowest BCUT2D eigenvalue weighted by Crippen LogP contribution is -2.37. The Morgan fingerprint density at radius 3 is 2.45 bits per heavy atom. The van der Waals surface area contributed by atoms with Crippen molar-refractivity contribution in [3.8, 4) is 0 Å². The van der Waals surface area contributed by atoms with Crippen molar-refractivity contribution >= 4 is 39.1 Å². The SMILES string of the molecule is CC(C)NS(=O)(=O)c1ccc(Cl)c(C(=O)NCC(c2cccc(Cl)c2)N2CCCC2)c1. The van der Waals surface area contributed by atoms with Gasteiger partial charge >= 0.3 is 0 Å². The molecule has 0 aromatic heterocycles. The van der Waals surface area contributed by atoms with Crippen molar-refractivity contribution in [3.63, 3.8) is 0 Å². The van der Waals surface area contributed by atoms with Crippen molar-refractivity contribution in [3.05, 3.63) is 63.6 Å². The molecule has 1 saturated heterocycles. The number of hydrogen-bond acceptors (Lipinski definition) is 4. The lowest BCUT2D eigenvalue weighted by molar-refractivity contribution is 0.0938. The van der Waals surface area contributed by atoms with E-state index < -0.39 is 15.9 Å². The van der Waals surface area contributed by atoms with E-state index in [0.717, 1.165) is 31.5 Å². The molecule has 3 rings (SSSR count). The van der Waals surface area contributed by atoms with Gasteiger partial charge in [-0.05, 0) is 75.7 Å². The molecule has 1 atom stereocenters. The molecule has 2 N–H and O–H groups in total. The van der Waals surface area contributed by atoms with E-state index in [0.29, 0.717) is 11.6 Å². The molecular weight excluding hydrogens is 457 g/mol. The van der Waals surface area contributed by atoms with E-state index in [-0.39, 0.29) is 27.6 Å². The van der Waals surface area contributed by atoms with E-state index in [9.17, 15) is 13.2 Å². The van der Waals surface area contributed by atoms with Gasteiger partial charge in [0.15, 0.2) is 0 Å². The van der Waals surface area contributed by atoms with E-state index in [1.54, 1.807) is 13.8 Å². The number of hydrogen-bond donors (Lipinski definition) is 2. The molecule has 0 aliphatic carbocycles. The number of nitrogens with zero attached hydrogens (tertiary/aromatic N) is 1. The molecule has 1 fully saturated rings. The van der Waals surface area contributed by atoms with Crippen LogP contribution in [-0.4, -0.2) is 44.9 Å². The van der Waals surface area contributed by atoms with Crippen LogP contribution in [0.1, 0.15) is 48.7 Å². The number of rotatable bonds is 8. The van der Waals surface area contributed by atoms with Crippen LogP contribution in [0.5, 0.6) is 0 Å². The summed E-state index contributed by atoms with van der Waals surface area (Å²) in [6.07, 6.45) is 2.22. The molecule has 2 aromatic carbocycles. The van der Waals surface area contributed by atoms with Crippen molar-refractivity contribution < 1.29 is 13.2 Å². The summed E-state index contributed by atoms with van der Waals surface area (Å²) in [6.45, 7) is 5.71. The van der Waals surface area contributed by atoms with E-state index in [1.165, 1.54) is 18.2 Å². The van der Waals surface area contributed by atoms with Gasteiger partial charge in [-0.25, -0.2) is 13.1 Å². The van der Waals surface area contributed by atoms with Gasteiger partial charge < -0.3 is 5.32 Å². The summed E-state index contributed by atoms with van der Waals surface area (Å²) in [6, 6.07) is 11.5. The van der Waals surface area contributed by atoms with E-state index in [1.807, 2.05) is 24.3 Å². The van der Waals surface area contributed by atoms with Gasteiger partial charge in [-0.1, -0.05) is 35.3 Å². The maximum Gasteiger partial charge on any atom is 0.252 e. The summed E-state index contributed by atoms with van der Waals surface area (Å²) in [7, 11) is -3.74. The van der Waals surface area contributed by atoms with E-state index in [2.05, 4.69) is 14.9 Å². The molecule has 0 spiro atoms. The zero-order chi connectivity index (χ0) is 22.6. The Balaban J connectivity index is 1.80. The molecule has 31 heavy (non-hydrogen) atoms. The molecule has 1 aliphatic heterocycles. The van der Waals surface area contributed by atoms with Crippen LogP contribution < -0.4 is 10.0 Å². The first-order valence-electron chi connectivity index (χ1n) is 10.3. The van der Waals surface area contributed by atoms with Gasteiger partial charge in [-0.15, -0.1) is 0 Å². The molecule has 6 nitrogen and oxygen atoms in total. The lowest BCUT2D eigenvalue weighted by atomic mass is 10.1. The van der Waals surface area contributed by atoms with Crippen molar-refractivity contribution in [2.75, 3.05) is 19.6 Å². The number of halogens is 2. The number of benzene rings is 2. The van der Waals surface area contributed by atoms with Crippen molar-refractivity contribution in [1.29, 1.82) is 0 Å². The number of nitrogens with one attached hydrogen (secondary N) is 2. The fourth-order valence-corrected chi connectivity index (χ4v) is 5.41. The van der Waals surface area contributed by atoms with Crippen LogP contribution in [0.3, 0.4) is 0 Å². The lowest BCUT2D eigenvalue weighted by Gasteiger charge is -2.28. The average Bonchev–Trinajstić information content (AvgIpc) is 3.21. The minimum absolute atomic E-state index is 0.00156. The molecular formula is C22H27Cl2N3O3S. The Labute approximate surface area is 194 Å². The van der Waals surface area contributed by atoms with Crippen molar-refractivity contribution in [1.82, 2.24) is 14.9 Å². The molecule has 0 bridgehead atoms. The van der Waals surface area contributed by atoms with Crippen LogP contribution in [0.25, 0.3) is 0 Å². The quantitative estimate of drug-likeness (QED) is 0.588. The molecule has 0 radical (unpaired) electrons. The Bertz CT molecular complexity index is 1040. The Kier molecular flexibility index (Phi) is 7.99. The zero-order valence-corrected chi connectivity index (χ0v) is 19.9. The summed E-state index contributed by atoms with van der Waals surface area (Å²) in [5.74, 6) is -0.419. The summed E-state index contributed by atoms with van der Waals surface area (Å²) in [5, 5.41) is 3.77. The highest BCUT2D eigenvalue weighted by atomic mass is 35.5. The molecule has 2 aromatic rings. The van der Waals surface area contributed by atoms with Crippen LogP contribution >= 0.6 is 23.2 Å². The van der Waals surface area contributed by atoms with Gasteiger partial charge in [0.2, 0.25) is 10.0 Å². The minimum atomic E-state index is -3.74. The minimum Gasteiger partial charge on any atom is -0.350 e. The van der Waals surface area contributed by atoms with Gasteiger partial charge in [0.05, 0.1) is 21.5 Å². The number of sulfonamides is 1. The van der Waals surface area contributed by atoms with Gasteiger partial charge in [-0.2, -0.15) is 0 Å². The number of amides is 1. The third-order valence-electron chi connectivity index (χ3n) is 5.15. The Morgan fingerprint density at radius 1 is 1.10 bits per heavy atom. The number of carbonyl (C=O) groups excluding carboxylic acids is 1. The molecule has 1 amide bonds. The second-order valence-electron chi connectivity index (χ2n) is 7.94. The topological polar surface area (TPSA) is 78.5 Å². The van der Waals surface area contributed by atoms with Crippen molar-refractivity contribution in [2.45, 2.75) is 43.7 Å².